The van der Waals surface area contributed by atoms with Crippen LogP contribution >= 0.6 is 0 Å². The molecule has 4 rings (SSSR count). The fourth-order valence-corrected chi connectivity index (χ4v) is 3.04. The summed E-state index contributed by atoms with van der Waals surface area (Å²) in [6.07, 6.45) is 6.43. The van der Waals surface area contributed by atoms with Crippen molar-refractivity contribution in [3.8, 4) is 11.1 Å². The van der Waals surface area contributed by atoms with Gasteiger partial charge in [0.05, 0.1) is 36.2 Å². The summed E-state index contributed by atoms with van der Waals surface area (Å²) in [5.74, 6) is -0.747. The highest BCUT2D eigenvalue weighted by atomic mass is 19.1. The molecule has 0 aliphatic rings. The number of hydrogen-bond donors (Lipinski definition) is 0. The number of nitrogens with zero attached hydrogens (tertiary/aromatic N) is 5. The molecule has 0 fully saturated rings. The molecule has 0 N–H and O–H groups in total. The number of benzene rings is 1. The van der Waals surface area contributed by atoms with E-state index in [2.05, 4.69) is 15.2 Å². The van der Waals surface area contributed by atoms with E-state index in [-0.39, 0.29) is 18.3 Å². The molecule has 0 radical (unpaired) electrons. The number of fused-ring (bicyclic) bond motifs is 2. The minimum Gasteiger partial charge on any atom is -0.465 e. The molecule has 0 amide bonds. The van der Waals surface area contributed by atoms with E-state index in [0.29, 0.717) is 28.6 Å². The molecule has 3 heterocycles. The summed E-state index contributed by atoms with van der Waals surface area (Å²) in [7, 11) is 1.81. The molecule has 7 nitrogen and oxygen atoms in total. The fraction of sp³-hybridized carbons (Fsp3) is 0.222. The van der Waals surface area contributed by atoms with Crippen molar-refractivity contribution in [3.05, 3.63) is 42.7 Å². The predicted molar refractivity (Wildman–Crippen MR) is 93.8 cm³/mol. The molecular weight excluding hydrogens is 337 g/mol. The zero-order chi connectivity index (χ0) is 18.3. The first kappa shape index (κ1) is 16.2. The van der Waals surface area contributed by atoms with Crippen LogP contribution in [0.25, 0.3) is 32.9 Å². The number of halogens is 1. The van der Waals surface area contributed by atoms with Crippen molar-refractivity contribution in [1.29, 1.82) is 0 Å². The number of aromatic nitrogens is 5. The highest BCUT2D eigenvalue weighted by Gasteiger charge is 2.16. The van der Waals surface area contributed by atoms with E-state index in [1.165, 1.54) is 10.7 Å². The van der Waals surface area contributed by atoms with Gasteiger partial charge in [0.1, 0.15) is 12.4 Å². The number of rotatable bonds is 4. The number of pyridine rings is 1. The topological polar surface area (TPSA) is 74.8 Å². The van der Waals surface area contributed by atoms with Gasteiger partial charge >= 0.3 is 5.97 Å². The first-order valence-corrected chi connectivity index (χ1v) is 8.15. The SMILES string of the molecule is CCOC(=O)Cn1ncc2c(-c3cc4c(cnn4C)cc3F)cncc21. The third-order valence-corrected chi connectivity index (χ3v) is 4.28. The Morgan fingerprint density at radius 1 is 1.12 bits per heavy atom. The van der Waals surface area contributed by atoms with E-state index in [9.17, 15) is 9.18 Å². The maximum Gasteiger partial charge on any atom is 0.327 e. The summed E-state index contributed by atoms with van der Waals surface area (Å²) >= 11 is 0. The van der Waals surface area contributed by atoms with Gasteiger partial charge in [-0.3, -0.25) is 19.1 Å². The van der Waals surface area contributed by atoms with Crippen LogP contribution in [0, 0.1) is 5.82 Å². The van der Waals surface area contributed by atoms with E-state index < -0.39 is 0 Å². The van der Waals surface area contributed by atoms with Crippen molar-refractivity contribution in [2.75, 3.05) is 6.61 Å². The van der Waals surface area contributed by atoms with Crippen LogP contribution in [0.2, 0.25) is 0 Å². The normalized spacial score (nSPS) is 11.3. The maximum absolute atomic E-state index is 14.7. The average Bonchev–Trinajstić information content (AvgIpc) is 3.18. The zero-order valence-electron chi connectivity index (χ0n) is 14.3. The van der Waals surface area contributed by atoms with Crippen LogP contribution in [0.5, 0.6) is 0 Å². The van der Waals surface area contributed by atoms with E-state index in [0.717, 1.165) is 10.9 Å². The van der Waals surface area contributed by atoms with Crippen molar-refractivity contribution in [2.24, 2.45) is 7.05 Å². The lowest BCUT2D eigenvalue weighted by Gasteiger charge is -2.07. The number of aryl methyl sites for hydroxylation is 1. The first-order valence-electron chi connectivity index (χ1n) is 8.15. The Balaban J connectivity index is 1.85. The molecule has 0 atom stereocenters. The molecular formula is C18H16FN5O2. The number of hydrogen-bond acceptors (Lipinski definition) is 5. The minimum atomic E-state index is -0.384. The quantitative estimate of drug-likeness (QED) is 0.527. The Kier molecular flexibility index (Phi) is 3.87. The third-order valence-electron chi connectivity index (χ3n) is 4.28. The fourth-order valence-electron chi connectivity index (χ4n) is 3.04. The van der Waals surface area contributed by atoms with Gasteiger partial charge < -0.3 is 4.74 Å². The van der Waals surface area contributed by atoms with Crippen LogP contribution in [0.15, 0.2) is 36.9 Å². The Bertz CT molecular complexity index is 1130. The van der Waals surface area contributed by atoms with Crippen molar-refractivity contribution in [2.45, 2.75) is 13.5 Å². The average molecular weight is 353 g/mol. The minimum absolute atomic E-state index is 0.0221. The molecule has 4 aromatic rings. The molecule has 8 heteroatoms. The molecule has 0 bridgehead atoms. The second kappa shape index (κ2) is 6.21. The molecule has 1 aromatic carbocycles. The van der Waals surface area contributed by atoms with Gasteiger partial charge in [-0.1, -0.05) is 0 Å². The van der Waals surface area contributed by atoms with Crippen LogP contribution in [-0.4, -0.2) is 37.1 Å². The monoisotopic (exact) mass is 353 g/mol. The first-order chi connectivity index (χ1) is 12.6. The summed E-state index contributed by atoms with van der Waals surface area (Å²) in [4.78, 5) is 15.9. The van der Waals surface area contributed by atoms with Crippen LogP contribution in [0.4, 0.5) is 4.39 Å². The van der Waals surface area contributed by atoms with Gasteiger partial charge in [0.2, 0.25) is 0 Å². The highest BCUT2D eigenvalue weighted by molar-refractivity contribution is 5.96. The van der Waals surface area contributed by atoms with E-state index in [4.69, 9.17) is 4.74 Å². The molecule has 26 heavy (non-hydrogen) atoms. The lowest BCUT2D eigenvalue weighted by atomic mass is 10.0. The summed E-state index contributed by atoms with van der Waals surface area (Å²) in [5.41, 5.74) is 2.48. The zero-order valence-corrected chi connectivity index (χ0v) is 14.3. The molecule has 0 unspecified atom stereocenters. The van der Waals surface area contributed by atoms with Gasteiger partial charge in [-0.25, -0.2) is 4.39 Å². The van der Waals surface area contributed by atoms with Crippen molar-refractivity contribution < 1.29 is 13.9 Å². The predicted octanol–water partition coefficient (Wildman–Crippen LogP) is 2.69. The van der Waals surface area contributed by atoms with Crippen LogP contribution in [-0.2, 0) is 23.1 Å². The summed E-state index contributed by atoms with van der Waals surface area (Å²) < 4.78 is 22.8. The van der Waals surface area contributed by atoms with Gasteiger partial charge in [0, 0.05) is 35.1 Å². The molecule has 3 aromatic heterocycles. The molecule has 0 spiro atoms. The second-order valence-corrected chi connectivity index (χ2v) is 5.89. The second-order valence-electron chi connectivity index (χ2n) is 5.89. The molecule has 132 valence electrons. The number of ether oxygens (including phenoxy) is 1. The lowest BCUT2D eigenvalue weighted by Crippen LogP contribution is -2.14. The van der Waals surface area contributed by atoms with Gasteiger partial charge in [-0.15, -0.1) is 0 Å². The maximum atomic E-state index is 14.7. The van der Waals surface area contributed by atoms with Crippen LogP contribution in [0.1, 0.15) is 6.92 Å². The third kappa shape index (κ3) is 2.59. The number of carbonyl (C=O) groups is 1. The van der Waals surface area contributed by atoms with E-state index >= 15 is 0 Å². The standard InChI is InChI=1S/C18H16FN5O2/c1-3-26-18(25)10-24-17-9-20-7-13(14(17)8-22-24)12-5-16-11(4-15(12)19)6-21-23(16)2/h4-9H,3,10H2,1-2H3. The summed E-state index contributed by atoms with van der Waals surface area (Å²) in [5, 5.41) is 9.84. The Labute approximate surface area is 148 Å². The van der Waals surface area contributed by atoms with E-state index in [1.54, 1.807) is 49.5 Å². The van der Waals surface area contributed by atoms with E-state index in [1.807, 2.05) is 0 Å². The van der Waals surface area contributed by atoms with Gasteiger partial charge in [-0.2, -0.15) is 10.2 Å². The summed E-state index contributed by atoms with van der Waals surface area (Å²) in [6.45, 7) is 2.03. The molecule has 0 aliphatic heterocycles. The summed E-state index contributed by atoms with van der Waals surface area (Å²) in [6, 6.07) is 3.20. The van der Waals surface area contributed by atoms with Gasteiger partial charge in [0.15, 0.2) is 0 Å². The van der Waals surface area contributed by atoms with Gasteiger partial charge in [0.25, 0.3) is 0 Å². The Hall–Kier alpha value is -3.29. The lowest BCUT2D eigenvalue weighted by molar-refractivity contribution is -0.143. The van der Waals surface area contributed by atoms with Crippen molar-refractivity contribution in [1.82, 2.24) is 24.5 Å². The molecule has 0 saturated heterocycles. The number of carbonyl (C=O) groups excluding carboxylic acids is 1. The smallest absolute Gasteiger partial charge is 0.327 e. The largest absolute Gasteiger partial charge is 0.465 e. The van der Waals surface area contributed by atoms with Crippen molar-refractivity contribution >= 4 is 27.8 Å². The Morgan fingerprint density at radius 2 is 1.96 bits per heavy atom. The van der Waals surface area contributed by atoms with Crippen LogP contribution in [0.3, 0.4) is 0 Å². The van der Waals surface area contributed by atoms with Gasteiger partial charge in [-0.05, 0) is 19.1 Å². The molecule has 0 saturated carbocycles. The Morgan fingerprint density at radius 3 is 2.77 bits per heavy atom. The van der Waals surface area contributed by atoms with Crippen molar-refractivity contribution in [3.63, 3.8) is 0 Å². The van der Waals surface area contributed by atoms with Crippen LogP contribution < -0.4 is 0 Å². The number of esters is 1. The molecule has 0 aliphatic carbocycles. The highest BCUT2D eigenvalue weighted by Crippen LogP contribution is 2.32.